The van der Waals surface area contributed by atoms with Crippen LogP contribution in [0.4, 0.5) is 5.82 Å². The molecule has 38 heavy (non-hydrogen) atoms. The van der Waals surface area contributed by atoms with Gasteiger partial charge in [-0.25, -0.2) is 19.5 Å². The molecule has 4 N–H and O–H groups in total. The number of ether oxygens (including phenoxy) is 1. The van der Waals surface area contributed by atoms with E-state index in [2.05, 4.69) is 15.0 Å². The van der Waals surface area contributed by atoms with Gasteiger partial charge in [0.1, 0.15) is 29.7 Å². The average molecular weight is 546 g/mol. The summed E-state index contributed by atoms with van der Waals surface area (Å²) in [7, 11) is -4.04. The number of imidazole rings is 1. The van der Waals surface area contributed by atoms with Crippen LogP contribution in [0.1, 0.15) is 63.3 Å². The van der Waals surface area contributed by atoms with Crippen molar-refractivity contribution in [1.82, 2.24) is 19.5 Å². The highest BCUT2D eigenvalue weighted by Crippen LogP contribution is 2.64. The molecule has 2 aromatic heterocycles. The summed E-state index contributed by atoms with van der Waals surface area (Å²) in [6.45, 7) is 1.11. The van der Waals surface area contributed by atoms with Gasteiger partial charge < -0.3 is 20.7 Å². The highest BCUT2D eigenvalue weighted by molar-refractivity contribution is 7.48. The van der Waals surface area contributed by atoms with Gasteiger partial charge in [0.25, 0.3) is 0 Å². The number of aromatic nitrogens is 4. The Hall–Kier alpha value is -2.44. The van der Waals surface area contributed by atoms with Gasteiger partial charge in [0.05, 0.1) is 24.6 Å². The van der Waals surface area contributed by atoms with E-state index in [-0.39, 0.29) is 12.4 Å². The number of anilines is 1. The number of fused-ring (bicyclic) bond motifs is 1. The van der Waals surface area contributed by atoms with E-state index in [0.29, 0.717) is 17.6 Å². The molecule has 6 atom stereocenters. The molecule has 1 aliphatic carbocycles. The monoisotopic (exact) mass is 545 g/mol. The molecule has 4 heterocycles. The number of aliphatic hydroxyl groups excluding tert-OH is 1. The number of nitrogens with two attached hydrogens (primary N) is 1. The molecule has 12 nitrogen and oxygen atoms in total. The number of nitrogens with zero attached hydrogens (tertiary/aromatic N) is 4. The first-order chi connectivity index (χ1) is 18.2. The molecule has 3 aliphatic rings. The number of aliphatic hydroxyl groups is 2. The summed E-state index contributed by atoms with van der Waals surface area (Å²) >= 11 is 0. The third-order valence-corrected chi connectivity index (χ3v) is 9.44. The Morgan fingerprint density at radius 3 is 2.71 bits per heavy atom. The molecule has 3 aromatic rings. The summed E-state index contributed by atoms with van der Waals surface area (Å²) in [5.74, 6) is 0.182. The highest BCUT2D eigenvalue weighted by Gasteiger charge is 2.55. The van der Waals surface area contributed by atoms with Gasteiger partial charge in [0, 0.05) is 6.42 Å². The predicted molar refractivity (Wildman–Crippen MR) is 136 cm³/mol. The maximum Gasteiger partial charge on any atom is 0.476 e. The fourth-order valence-corrected chi connectivity index (χ4v) is 7.53. The Morgan fingerprint density at radius 2 is 1.95 bits per heavy atom. The summed E-state index contributed by atoms with van der Waals surface area (Å²) in [4.78, 5) is 12.3. The summed E-state index contributed by atoms with van der Waals surface area (Å²) in [5.41, 5.74) is 5.12. The quantitative estimate of drug-likeness (QED) is 0.402. The molecule has 1 saturated carbocycles. The molecule has 13 heteroatoms. The minimum absolute atomic E-state index is 0.182. The average Bonchev–Trinajstić information content (AvgIpc) is 3.42. The van der Waals surface area contributed by atoms with Crippen molar-refractivity contribution < 1.29 is 33.1 Å². The van der Waals surface area contributed by atoms with E-state index in [9.17, 15) is 14.8 Å². The van der Waals surface area contributed by atoms with Crippen LogP contribution in [-0.4, -0.2) is 59.7 Å². The number of hydrogen-bond donors (Lipinski definition) is 3. The van der Waals surface area contributed by atoms with Gasteiger partial charge in [0.2, 0.25) is 0 Å². The minimum atomic E-state index is -4.04. The van der Waals surface area contributed by atoms with E-state index in [1.54, 1.807) is 0 Å². The molecule has 204 valence electrons. The third-order valence-electron chi connectivity index (χ3n) is 7.85. The van der Waals surface area contributed by atoms with Crippen LogP contribution in [-0.2, 0) is 22.9 Å². The van der Waals surface area contributed by atoms with Gasteiger partial charge in [-0.05, 0) is 25.3 Å². The Kier molecular flexibility index (Phi) is 6.55. The number of benzene rings is 1. The Balaban J connectivity index is 1.23. The molecule has 0 bridgehead atoms. The molecule has 3 fully saturated rings. The maximum absolute atomic E-state index is 13.9. The van der Waals surface area contributed by atoms with Crippen molar-refractivity contribution in [3.63, 3.8) is 0 Å². The van der Waals surface area contributed by atoms with Crippen molar-refractivity contribution in [3.8, 4) is 0 Å². The first kappa shape index (κ1) is 25.8. The van der Waals surface area contributed by atoms with Crippen molar-refractivity contribution in [2.45, 2.75) is 81.2 Å². The number of phosphoric ester groups is 1. The molecule has 1 aromatic carbocycles. The van der Waals surface area contributed by atoms with E-state index in [1.807, 2.05) is 30.3 Å². The maximum atomic E-state index is 13.9. The van der Waals surface area contributed by atoms with Crippen LogP contribution in [0.3, 0.4) is 0 Å². The normalized spacial score (nSPS) is 35.1. The standard InChI is InChI=1S/C25H32N5O7P/c1-24(32)20(31)18(35-23(24)30-15-29-19-21(26)27-14-28-22(19)30)13-34-38(33)36-17(16-8-4-2-5-9-16)12-25(37-38)10-6-3-7-11-25/h2,4-5,8-9,14-15,17-18,20,23,31-32H,3,6-7,10-13H2,1H3,(H2,26,27,28)/t17-,18-,20-,23-,24-,38+/m1/s1. The lowest BCUT2D eigenvalue weighted by Crippen LogP contribution is -2.44. The van der Waals surface area contributed by atoms with Crippen molar-refractivity contribution in [3.05, 3.63) is 48.5 Å². The molecular formula is C25H32N5O7P. The Bertz CT molecular complexity index is 1350. The smallest absolute Gasteiger partial charge is 0.387 e. The third kappa shape index (κ3) is 4.54. The van der Waals surface area contributed by atoms with Crippen LogP contribution in [0.15, 0.2) is 43.0 Å². The zero-order valence-corrected chi connectivity index (χ0v) is 21.9. The van der Waals surface area contributed by atoms with Gasteiger partial charge >= 0.3 is 7.82 Å². The SMILES string of the molecule is C[C@@]1(O)[C@H](O)[C@@H](CO[P@@]2(=O)O[C@@H](c3ccccc3)CC3(CCCCC3)O2)O[C@H]1n1cnc2c(N)ncnc21. The van der Waals surface area contributed by atoms with Gasteiger partial charge in [0.15, 0.2) is 17.7 Å². The lowest BCUT2D eigenvalue weighted by molar-refractivity contribution is -0.105. The zero-order valence-electron chi connectivity index (χ0n) is 21.0. The van der Waals surface area contributed by atoms with Crippen LogP contribution in [0, 0.1) is 0 Å². The highest BCUT2D eigenvalue weighted by atomic mass is 31.2. The minimum Gasteiger partial charge on any atom is -0.387 e. The number of hydrogen-bond acceptors (Lipinski definition) is 11. The fraction of sp³-hybridized carbons (Fsp3) is 0.560. The first-order valence-corrected chi connectivity index (χ1v) is 14.3. The molecule has 6 rings (SSSR count). The van der Waals surface area contributed by atoms with Gasteiger partial charge in [-0.3, -0.25) is 18.1 Å². The molecule has 2 saturated heterocycles. The molecule has 2 aliphatic heterocycles. The molecular weight excluding hydrogens is 513 g/mol. The molecule has 0 unspecified atom stereocenters. The predicted octanol–water partition coefficient (Wildman–Crippen LogP) is 3.42. The molecule has 0 radical (unpaired) electrons. The second-order valence-corrected chi connectivity index (χ2v) is 12.1. The fourth-order valence-electron chi connectivity index (χ4n) is 5.81. The first-order valence-electron chi connectivity index (χ1n) is 12.9. The van der Waals surface area contributed by atoms with E-state index >= 15 is 0 Å². The second kappa shape index (κ2) is 9.63. The van der Waals surface area contributed by atoms with E-state index in [4.69, 9.17) is 24.0 Å². The van der Waals surface area contributed by atoms with E-state index in [1.165, 1.54) is 24.1 Å². The van der Waals surface area contributed by atoms with E-state index < -0.39 is 43.6 Å². The largest absolute Gasteiger partial charge is 0.476 e. The van der Waals surface area contributed by atoms with Gasteiger partial charge in [-0.15, -0.1) is 0 Å². The van der Waals surface area contributed by atoms with Crippen LogP contribution < -0.4 is 5.73 Å². The number of phosphoric acid groups is 1. The van der Waals surface area contributed by atoms with Gasteiger partial charge in [-0.2, -0.15) is 0 Å². The zero-order chi connectivity index (χ0) is 26.5. The van der Waals surface area contributed by atoms with E-state index in [0.717, 1.165) is 37.7 Å². The second-order valence-electron chi connectivity index (χ2n) is 10.6. The summed E-state index contributed by atoms with van der Waals surface area (Å²) < 4.78 is 39.4. The number of nitrogen functional groups attached to an aromatic ring is 1. The number of rotatable bonds is 5. The topological polar surface area (TPSA) is 164 Å². The Morgan fingerprint density at radius 1 is 1.18 bits per heavy atom. The van der Waals surface area contributed by atoms with Crippen molar-refractivity contribution in [2.24, 2.45) is 0 Å². The lowest BCUT2D eigenvalue weighted by atomic mass is 9.80. The van der Waals surface area contributed by atoms with Crippen molar-refractivity contribution >= 4 is 24.8 Å². The van der Waals surface area contributed by atoms with Crippen LogP contribution in [0.25, 0.3) is 11.2 Å². The molecule has 0 amide bonds. The van der Waals surface area contributed by atoms with Crippen LogP contribution in [0.2, 0.25) is 0 Å². The van der Waals surface area contributed by atoms with Crippen molar-refractivity contribution in [1.29, 1.82) is 0 Å². The summed E-state index contributed by atoms with van der Waals surface area (Å²) in [6.07, 6.45) is 3.93. The van der Waals surface area contributed by atoms with Crippen molar-refractivity contribution in [2.75, 3.05) is 12.3 Å². The van der Waals surface area contributed by atoms with Gasteiger partial charge in [-0.1, -0.05) is 49.6 Å². The Labute approximate surface area is 219 Å². The summed E-state index contributed by atoms with van der Waals surface area (Å²) in [5, 5.41) is 22.2. The lowest BCUT2D eigenvalue weighted by Gasteiger charge is -2.45. The van der Waals surface area contributed by atoms with Crippen LogP contribution >= 0.6 is 7.82 Å². The molecule has 1 spiro atoms. The summed E-state index contributed by atoms with van der Waals surface area (Å²) in [6, 6.07) is 9.62. The van der Waals surface area contributed by atoms with Crippen LogP contribution in [0.5, 0.6) is 0 Å².